The zero-order chi connectivity index (χ0) is 17.7. The van der Waals surface area contributed by atoms with Gasteiger partial charge in [-0.1, -0.05) is 57.8 Å². The molecule has 0 saturated heterocycles. The number of halogens is 2. The van der Waals surface area contributed by atoms with Crippen molar-refractivity contribution < 1.29 is 13.9 Å². The lowest BCUT2D eigenvalue weighted by Gasteiger charge is -2.31. The molecular formula is C20H16F2NOP. The van der Waals surface area contributed by atoms with Crippen molar-refractivity contribution in [3.8, 4) is 11.1 Å². The van der Waals surface area contributed by atoms with Gasteiger partial charge in [0.1, 0.15) is 0 Å². The van der Waals surface area contributed by atoms with E-state index in [1.807, 2.05) is 36.4 Å². The van der Waals surface area contributed by atoms with Crippen molar-refractivity contribution in [1.29, 1.82) is 0 Å². The predicted octanol–water partition coefficient (Wildman–Crippen LogP) is 5.11. The minimum absolute atomic E-state index is 0.203. The van der Waals surface area contributed by atoms with E-state index < -0.39 is 11.3 Å². The van der Waals surface area contributed by atoms with Crippen LogP contribution in [0.5, 0.6) is 0 Å². The van der Waals surface area contributed by atoms with Gasteiger partial charge in [-0.05, 0) is 35.4 Å². The molecule has 126 valence electrons. The van der Waals surface area contributed by atoms with Crippen LogP contribution in [0.25, 0.3) is 11.1 Å². The van der Waals surface area contributed by atoms with Crippen LogP contribution in [0, 0.1) is 0 Å². The Labute approximate surface area is 146 Å². The molecule has 4 rings (SSSR count). The van der Waals surface area contributed by atoms with E-state index in [1.54, 1.807) is 36.4 Å². The number of benzene rings is 3. The Morgan fingerprint density at radius 2 is 1.44 bits per heavy atom. The van der Waals surface area contributed by atoms with Crippen LogP contribution in [-0.4, -0.2) is 10.8 Å². The Balaban J connectivity index is 1.87. The molecule has 25 heavy (non-hydrogen) atoms. The lowest BCUT2D eigenvalue weighted by molar-refractivity contribution is -0.0963. The highest BCUT2D eigenvalue weighted by molar-refractivity contribution is 7.18. The van der Waals surface area contributed by atoms with E-state index in [1.165, 1.54) is 9.24 Å². The first kappa shape index (κ1) is 16.2. The number of para-hydroxylation sites is 1. The second-order valence-corrected chi connectivity index (χ2v) is 6.86. The summed E-state index contributed by atoms with van der Waals surface area (Å²) in [5, 5.41) is 14.2. The van der Waals surface area contributed by atoms with Gasteiger partial charge in [0.05, 0.1) is 0 Å². The van der Waals surface area contributed by atoms with Gasteiger partial charge in [-0.2, -0.15) is 8.78 Å². The lowest BCUT2D eigenvalue weighted by atomic mass is 9.91. The number of aliphatic hydroxyl groups is 1. The van der Waals surface area contributed by atoms with Crippen molar-refractivity contribution in [1.82, 2.24) is 0 Å². The van der Waals surface area contributed by atoms with Gasteiger partial charge in [-0.3, -0.25) is 0 Å². The average molecular weight is 355 g/mol. The summed E-state index contributed by atoms with van der Waals surface area (Å²) in [5.41, 5.74) is -2.61. The molecule has 1 aliphatic carbocycles. The van der Waals surface area contributed by atoms with Crippen molar-refractivity contribution in [2.24, 2.45) is 0 Å². The van der Waals surface area contributed by atoms with Gasteiger partial charge in [-0.25, -0.2) is 0 Å². The van der Waals surface area contributed by atoms with Crippen molar-refractivity contribution >= 4 is 20.6 Å². The van der Waals surface area contributed by atoms with Gasteiger partial charge in [0.15, 0.2) is 5.60 Å². The molecule has 3 aromatic carbocycles. The summed E-state index contributed by atoms with van der Waals surface area (Å²) in [6.07, 6.45) is 0. The van der Waals surface area contributed by atoms with Crippen LogP contribution < -0.4 is 5.32 Å². The Morgan fingerprint density at radius 3 is 2.16 bits per heavy atom. The second kappa shape index (κ2) is 5.62. The van der Waals surface area contributed by atoms with Crippen molar-refractivity contribution in [2.75, 3.05) is 5.32 Å². The predicted molar refractivity (Wildman–Crippen MR) is 99.3 cm³/mol. The Bertz CT molecular complexity index is 940. The van der Waals surface area contributed by atoms with Crippen molar-refractivity contribution in [2.45, 2.75) is 11.3 Å². The number of hydrogen-bond donors (Lipinski definition) is 2. The molecule has 0 aliphatic heterocycles. The molecule has 2 atom stereocenters. The number of anilines is 2. The quantitative estimate of drug-likeness (QED) is 0.640. The summed E-state index contributed by atoms with van der Waals surface area (Å²) in [4.78, 5) is 0. The molecule has 0 saturated carbocycles. The third-order valence-electron chi connectivity index (χ3n) is 4.56. The van der Waals surface area contributed by atoms with E-state index >= 15 is 0 Å². The Morgan fingerprint density at radius 1 is 0.800 bits per heavy atom. The number of nitrogens with one attached hydrogen (secondary N) is 1. The molecule has 1 aliphatic rings. The van der Waals surface area contributed by atoms with Gasteiger partial charge in [-0.15, -0.1) is 0 Å². The molecule has 2 nitrogen and oxygen atoms in total. The standard InChI is InChI=1S/C20H16F2NOP/c21-20(22,25)19(24)17-9-5-4-8-15(17)16-11-10-14(12-18(16)19)23-13-6-2-1-3-7-13/h1-12,23-24H,25H2. The molecule has 0 radical (unpaired) electrons. The molecule has 0 bridgehead atoms. The highest BCUT2D eigenvalue weighted by Gasteiger charge is 2.56. The van der Waals surface area contributed by atoms with Gasteiger partial charge in [0, 0.05) is 22.5 Å². The van der Waals surface area contributed by atoms with E-state index in [0.717, 1.165) is 5.69 Å². The Hall–Kier alpha value is -2.29. The number of rotatable bonds is 3. The fraction of sp³-hybridized carbons (Fsp3) is 0.100. The molecule has 0 amide bonds. The smallest absolute Gasteiger partial charge is 0.295 e. The summed E-state index contributed by atoms with van der Waals surface area (Å²) in [6.45, 7) is 0. The average Bonchev–Trinajstić information content (AvgIpc) is 2.86. The normalized spacial score (nSPS) is 18.6. The minimum atomic E-state index is -3.40. The van der Waals surface area contributed by atoms with Crippen LogP contribution in [0.2, 0.25) is 0 Å². The molecule has 3 aromatic rings. The van der Waals surface area contributed by atoms with E-state index in [-0.39, 0.29) is 11.1 Å². The first-order chi connectivity index (χ1) is 11.9. The maximum atomic E-state index is 14.4. The molecule has 2 N–H and O–H groups in total. The van der Waals surface area contributed by atoms with E-state index in [4.69, 9.17) is 0 Å². The summed E-state index contributed by atoms with van der Waals surface area (Å²) in [5.74, 6) is 0. The summed E-state index contributed by atoms with van der Waals surface area (Å²) in [6, 6.07) is 21.4. The largest absolute Gasteiger partial charge is 0.374 e. The summed E-state index contributed by atoms with van der Waals surface area (Å²) < 4.78 is 28.8. The SMILES string of the molecule is OC1(C(F)(F)P)c2ccccc2-c2ccc(Nc3ccccc3)cc21. The maximum Gasteiger partial charge on any atom is 0.295 e. The first-order valence-electron chi connectivity index (χ1n) is 7.87. The van der Waals surface area contributed by atoms with Gasteiger partial charge < -0.3 is 10.4 Å². The van der Waals surface area contributed by atoms with Crippen molar-refractivity contribution in [3.63, 3.8) is 0 Å². The van der Waals surface area contributed by atoms with Gasteiger partial charge >= 0.3 is 0 Å². The van der Waals surface area contributed by atoms with E-state index in [0.29, 0.717) is 16.8 Å². The summed E-state index contributed by atoms with van der Waals surface area (Å²) >= 11 is 0. The highest BCUT2D eigenvalue weighted by Crippen LogP contribution is 2.56. The molecule has 0 fully saturated rings. The molecule has 5 heteroatoms. The van der Waals surface area contributed by atoms with E-state index in [2.05, 4.69) is 5.32 Å². The maximum absolute atomic E-state index is 14.4. The van der Waals surface area contributed by atoms with Crippen LogP contribution in [0.15, 0.2) is 72.8 Å². The van der Waals surface area contributed by atoms with Crippen LogP contribution in [0.3, 0.4) is 0 Å². The fourth-order valence-corrected chi connectivity index (χ4v) is 3.69. The topological polar surface area (TPSA) is 32.3 Å². The van der Waals surface area contributed by atoms with Crippen molar-refractivity contribution in [3.05, 3.63) is 83.9 Å². The third-order valence-corrected chi connectivity index (χ3v) is 4.98. The van der Waals surface area contributed by atoms with Gasteiger partial charge in [0.2, 0.25) is 0 Å². The zero-order valence-electron chi connectivity index (χ0n) is 13.2. The van der Waals surface area contributed by atoms with Gasteiger partial charge in [0.25, 0.3) is 5.66 Å². The molecule has 0 heterocycles. The molecule has 2 unspecified atom stereocenters. The number of fused-ring (bicyclic) bond motifs is 3. The number of alkyl halides is 2. The van der Waals surface area contributed by atoms with Crippen LogP contribution >= 0.6 is 9.24 Å². The Kier molecular flexibility index (Phi) is 3.64. The first-order valence-corrected chi connectivity index (χ1v) is 8.44. The molecule has 0 aromatic heterocycles. The van der Waals surface area contributed by atoms with Crippen LogP contribution in [0.1, 0.15) is 11.1 Å². The highest BCUT2D eigenvalue weighted by atomic mass is 31.0. The monoisotopic (exact) mass is 355 g/mol. The number of hydrogen-bond acceptors (Lipinski definition) is 2. The third kappa shape index (κ3) is 2.45. The van der Waals surface area contributed by atoms with Crippen LogP contribution in [-0.2, 0) is 5.60 Å². The molecular weight excluding hydrogens is 339 g/mol. The second-order valence-electron chi connectivity index (χ2n) is 6.13. The lowest BCUT2D eigenvalue weighted by Crippen LogP contribution is -2.40. The minimum Gasteiger partial charge on any atom is -0.374 e. The van der Waals surface area contributed by atoms with E-state index in [9.17, 15) is 13.9 Å². The fourth-order valence-electron chi connectivity index (χ4n) is 3.38. The molecule has 0 spiro atoms. The summed E-state index contributed by atoms with van der Waals surface area (Å²) in [7, 11) is 1.48. The van der Waals surface area contributed by atoms with Crippen LogP contribution in [0.4, 0.5) is 20.2 Å². The zero-order valence-corrected chi connectivity index (χ0v) is 14.4.